The molecule has 0 saturated heterocycles. The van der Waals surface area contributed by atoms with Gasteiger partial charge in [0.1, 0.15) is 0 Å². The van der Waals surface area contributed by atoms with Gasteiger partial charge in [-0.15, -0.1) is 0 Å². The van der Waals surface area contributed by atoms with Gasteiger partial charge in [0.15, 0.2) is 0 Å². The summed E-state index contributed by atoms with van der Waals surface area (Å²) in [7, 11) is 1.65. The number of ether oxygens (including phenoxy) is 1. The molecular weight excluding hydrogens is 270 g/mol. The Labute approximate surface area is 105 Å². The average Bonchev–Trinajstić information content (AvgIpc) is 2.27. The molecule has 2 atom stereocenters. The van der Waals surface area contributed by atoms with Crippen LogP contribution in [-0.4, -0.2) is 24.9 Å². The van der Waals surface area contributed by atoms with E-state index in [1.54, 1.807) is 7.11 Å². The van der Waals surface area contributed by atoms with Crippen molar-refractivity contribution in [2.75, 3.05) is 13.7 Å². The van der Waals surface area contributed by atoms with Gasteiger partial charge in [-0.2, -0.15) is 0 Å². The zero-order chi connectivity index (χ0) is 12.0. The Balaban J connectivity index is 2.45. The minimum absolute atomic E-state index is 0.0291. The molecule has 90 valence electrons. The molecule has 0 aliphatic carbocycles. The number of hydrogen-bond donors (Lipinski definition) is 2. The van der Waals surface area contributed by atoms with Crippen molar-refractivity contribution in [2.24, 2.45) is 5.73 Å². The Morgan fingerprint density at radius 1 is 1.38 bits per heavy atom. The number of nitrogens with two attached hydrogens (primary N) is 1. The van der Waals surface area contributed by atoms with Crippen LogP contribution in [-0.2, 0) is 4.74 Å². The Morgan fingerprint density at radius 3 is 2.56 bits per heavy atom. The van der Waals surface area contributed by atoms with Crippen LogP contribution in [0.4, 0.5) is 0 Å². The Morgan fingerprint density at radius 2 is 2.00 bits per heavy atom. The van der Waals surface area contributed by atoms with Crippen LogP contribution in [0.2, 0.25) is 0 Å². The minimum atomic E-state index is -0.500. The molecular formula is C12H18BrNO2. The van der Waals surface area contributed by atoms with Crippen LogP contribution < -0.4 is 5.73 Å². The first kappa shape index (κ1) is 13.6. The summed E-state index contributed by atoms with van der Waals surface area (Å²) in [5.41, 5.74) is 6.78. The Kier molecular flexibility index (Phi) is 5.98. The highest BCUT2D eigenvalue weighted by atomic mass is 79.9. The molecule has 1 aromatic rings. The molecule has 3 N–H and O–H groups in total. The van der Waals surface area contributed by atoms with Crippen molar-refractivity contribution in [2.45, 2.75) is 25.0 Å². The van der Waals surface area contributed by atoms with Crippen LogP contribution in [0.3, 0.4) is 0 Å². The number of methoxy groups -OCH3 is 1. The molecule has 0 fully saturated rings. The largest absolute Gasteiger partial charge is 0.388 e. The number of halogens is 1. The predicted molar refractivity (Wildman–Crippen MR) is 68.2 cm³/mol. The van der Waals surface area contributed by atoms with E-state index in [0.29, 0.717) is 13.0 Å². The first-order valence-electron chi connectivity index (χ1n) is 5.31. The third-order valence-corrected chi connectivity index (χ3v) is 3.00. The van der Waals surface area contributed by atoms with E-state index in [2.05, 4.69) is 15.9 Å². The highest BCUT2D eigenvalue weighted by molar-refractivity contribution is 9.10. The molecule has 16 heavy (non-hydrogen) atoms. The van der Waals surface area contributed by atoms with Crippen LogP contribution in [0.15, 0.2) is 28.7 Å². The van der Waals surface area contributed by atoms with Crippen LogP contribution in [0.5, 0.6) is 0 Å². The number of rotatable bonds is 6. The first-order chi connectivity index (χ1) is 7.63. The summed E-state index contributed by atoms with van der Waals surface area (Å²) in [5.74, 6) is 0. The van der Waals surface area contributed by atoms with E-state index in [4.69, 9.17) is 10.5 Å². The van der Waals surface area contributed by atoms with Crippen molar-refractivity contribution in [3.05, 3.63) is 34.3 Å². The summed E-state index contributed by atoms with van der Waals surface area (Å²) in [5, 5.41) is 9.95. The van der Waals surface area contributed by atoms with E-state index in [0.717, 1.165) is 16.5 Å². The topological polar surface area (TPSA) is 55.5 Å². The molecule has 0 amide bonds. The van der Waals surface area contributed by atoms with Gasteiger partial charge in [-0.3, -0.25) is 0 Å². The third-order valence-electron chi connectivity index (χ3n) is 2.47. The molecule has 1 rings (SSSR count). The van der Waals surface area contributed by atoms with Crippen molar-refractivity contribution in [3.63, 3.8) is 0 Å². The number of benzene rings is 1. The lowest BCUT2D eigenvalue weighted by Gasteiger charge is -2.16. The van der Waals surface area contributed by atoms with Gasteiger partial charge in [-0.25, -0.2) is 0 Å². The van der Waals surface area contributed by atoms with Gasteiger partial charge in [-0.05, 0) is 30.5 Å². The maximum absolute atomic E-state index is 9.95. The van der Waals surface area contributed by atoms with Gasteiger partial charge in [0.25, 0.3) is 0 Å². The van der Waals surface area contributed by atoms with Gasteiger partial charge in [0.05, 0.1) is 6.10 Å². The molecule has 0 saturated carbocycles. The van der Waals surface area contributed by atoms with Crippen LogP contribution >= 0.6 is 15.9 Å². The maximum Gasteiger partial charge on any atom is 0.0804 e. The maximum atomic E-state index is 9.95. The SMILES string of the molecule is COCCC(N)CC(O)c1ccc(Br)cc1. The second kappa shape index (κ2) is 7.01. The molecule has 0 aliphatic heterocycles. The summed E-state index contributed by atoms with van der Waals surface area (Å²) in [6.07, 6.45) is 0.828. The number of aliphatic hydroxyl groups is 1. The highest BCUT2D eigenvalue weighted by Crippen LogP contribution is 2.20. The van der Waals surface area contributed by atoms with E-state index in [-0.39, 0.29) is 6.04 Å². The molecule has 3 nitrogen and oxygen atoms in total. The minimum Gasteiger partial charge on any atom is -0.388 e. The van der Waals surface area contributed by atoms with E-state index >= 15 is 0 Å². The predicted octanol–water partition coefficient (Wildman–Crippen LogP) is 2.24. The standard InChI is InChI=1S/C12H18BrNO2/c1-16-7-6-11(14)8-12(15)9-2-4-10(13)5-3-9/h2-5,11-12,15H,6-8,14H2,1H3. The zero-order valence-corrected chi connectivity index (χ0v) is 11.0. The van der Waals surface area contributed by atoms with Crippen molar-refractivity contribution < 1.29 is 9.84 Å². The van der Waals surface area contributed by atoms with Gasteiger partial charge < -0.3 is 15.6 Å². The van der Waals surface area contributed by atoms with Crippen molar-refractivity contribution in [3.8, 4) is 0 Å². The summed E-state index contributed by atoms with van der Waals surface area (Å²) in [6, 6.07) is 7.60. The summed E-state index contributed by atoms with van der Waals surface area (Å²) >= 11 is 3.36. The molecule has 0 bridgehead atoms. The second-order valence-corrected chi connectivity index (χ2v) is 4.76. The molecule has 0 aromatic heterocycles. The van der Waals surface area contributed by atoms with Gasteiger partial charge >= 0.3 is 0 Å². The molecule has 0 spiro atoms. The van der Waals surface area contributed by atoms with Gasteiger partial charge in [-0.1, -0.05) is 28.1 Å². The van der Waals surface area contributed by atoms with Gasteiger partial charge in [0, 0.05) is 24.2 Å². The highest BCUT2D eigenvalue weighted by Gasteiger charge is 2.12. The zero-order valence-electron chi connectivity index (χ0n) is 9.40. The fourth-order valence-electron chi connectivity index (χ4n) is 1.49. The summed E-state index contributed by atoms with van der Waals surface area (Å²) in [4.78, 5) is 0. The van der Waals surface area contributed by atoms with Crippen LogP contribution in [0.1, 0.15) is 24.5 Å². The second-order valence-electron chi connectivity index (χ2n) is 3.84. The smallest absolute Gasteiger partial charge is 0.0804 e. The Hall–Kier alpha value is -0.420. The fraction of sp³-hybridized carbons (Fsp3) is 0.500. The first-order valence-corrected chi connectivity index (χ1v) is 6.11. The molecule has 0 radical (unpaired) electrons. The summed E-state index contributed by atoms with van der Waals surface area (Å²) in [6.45, 7) is 0.633. The lowest BCUT2D eigenvalue weighted by Crippen LogP contribution is -2.24. The number of aliphatic hydroxyl groups excluding tert-OH is 1. The van der Waals surface area contributed by atoms with E-state index in [1.165, 1.54) is 0 Å². The molecule has 4 heteroatoms. The van der Waals surface area contributed by atoms with Crippen LogP contribution in [0, 0.1) is 0 Å². The lowest BCUT2D eigenvalue weighted by atomic mass is 10.0. The average molecular weight is 288 g/mol. The van der Waals surface area contributed by atoms with E-state index < -0.39 is 6.10 Å². The molecule has 0 heterocycles. The van der Waals surface area contributed by atoms with Crippen molar-refractivity contribution in [1.29, 1.82) is 0 Å². The summed E-state index contributed by atoms with van der Waals surface area (Å²) < 4.78 is 5.95. The lowest BCUT2D eigenvalue weighted by molar-refractivity contribution is 0.141. The number of hydrogen-bond acceptors (Lipinski definition) is 3. The molecule has 0 aliphatic rings. The third kappa shape index (κ3) is 4.61. The fourth-order valence-corrected chi connectivity index (χ4v) is 1.76. The molecule has 1 aromatic carbocycles. The normalized spacial score (nSPS) is 14.8. The van der Waals surface area contributed by atoms with Crippen molar-refractivity contribution in [1.82, 2.24) is 0 Å². The van der Waals surface area contributed by atoms with E-state index in [9.17, 15) is 5.11 Å². The van der Waals surface area contributed by atoms with Crippen LogP contribution in [0.25, 0.3) is 0 Å². The monoisotopic (exact) mass is 287 g/mol. The van der Waals surface area contributed by atoms with E-state index in [1.807, 2.05) is 24.3 Å². The quantitative estimate of drug-likeness (QED) is 0.844. The Bertz CT molecular complexity index is 302. The van der Waals surface area contributed by atoms with Gasteiger partial charge in [0.2, 0.25) is 0 Å². The molecule has 2 unspecified atom stereocenters. The van der Waals surface area contributed by atoms with Crippen molar-refractivity contribution >= 4 is 15.9 Å².